The Morgan fingerprint density at radius 2 is 1.82 bits per heavy atom. The minimum atomic E-state index is -0.576. The second kappa shape index (κ2) is 8.39. The van der Waals surface area contributed by atoms with Crippen LogP contribution in [0.1, 0.15) is 44.1 Å². The van der Waals surface area contributed by atoms with Crippen LogP contribution in [0.15, 0.2) is 30.3 Å². The highest BCUT2D eigenvalue weighted by Gasteiger charge is 2.32. The summed E-state index contributed by atoms with van der Waals surface area (Å²) in [4.78, 5) is 11.8. The predicted octanol–water partition coefficient (Wildman–Crippen LogP) is 4.03. The number of ether oxygens (including phenoxy) is 2. The van der Waals surface area contributed by atoms with Gasteiger partial charge in [-0.05, 0) is 43.6 Å². The number of halogens is 1. The molecule has 0 aromatic heterocycles. The van der Waals surface area contributed by atoms with Crippen molar-refractivity contribution in [1.29, 1.82) is 0 Å². The van der Waals surface area contributed by atoms with E-state index in [0.29, 0.717) is 6.04 Å². The standard InChI is InChI=1S/C17H23NO3.ClH/c19-17(20-12-13-6-2-1-3-7-13)21-16-11-5-9-14-8-4-10-15(14)18-16;/h1-3,6-7,14-16,18H,4-5,8-12H2;1H. The molecular weight excluding hydrogens is 302 g/mol. The minimum Gasteiger partial charge on any atom is -0.429 e. The molecule has 4 nitrogen and oxygen atoms in total. The van der Waals surface area contributed by atoms with E-state index in [1.165, 1.54) is 25.7 Å². The van der Waals surface area contributed by atoms with Gasteiger partial charge in [0.1, 0.15) is 6.61 Å². The monoisotopic (exact) mass is 325 g/mol. The first-order valence-electron chi connectivity index (χ1n) is 7.94. The van der Waals surface area contributed by atoms with Crippen LogP contribution in [0, 0.1) is 5.92 Å². The molecule has 1 aliphatic carbocycles. The quantitative estimate of drug-likeness (QED) is 0.852. The molecule has 1 aliphatic heterocycles. The van der Waals surface area contributed by atoms with E-state index >= 15 is 0 Å². The summed E-state index contributed by atoms with van der Waals surface area (Å²) in [7, 11) is 0. The van der Waals surface area contributed by atoms with Gasteiger partial charge in [-0.1, -0.05) is 36.8 Å². The third kappa shape index (κ3) is 4.62. The van der Waals surface area contributed by atoms with Gasteiger partial charge < -0.3 is 9.47 Å². The summed E-state index contributed by atoms with van der Waals surface area (Å²) in [5.74, 6) is 0.763. The van der Waals surface area contributed by atoms with Crippen LogP contribution < -0.4 is 5.32 Å². The number of benzene rings is 1. The lowest BCUT2D eigenvalue weighted by molar-refractivity contribution is 0.00212. The van der Waals surface area contributed by atoms with Gasteiger partial charge in [0, 0.05) is 6.04 Å². The molecule has 0 bridgehead atoms. The fraction of sp³-hybridized carbons (Fsp3) is 0.588. The van der Waals surface area contributed by atoms with E-state index in [1.807, 2.05) is 30.3 Å². The maximum absolute atomic E-state index is 11.8. The number of fused-ring (bicyclic) bond motifs is 1. The van der Waals surface area contributed by atoms with Gasteiger partial charge in [-0.2, -0.15) is 0 Å². The van der Waals surface area contributed by atoms with E-state index in [0.717, 1.165) is 24.3 Å². The third-order valence-electron chi connectivity index (χ3n) is 4.54. The zero-order chi connectivity index (χ0) is 14.5. The molecule has 3 unspecified atom stereocenters. The van der Waals surface area contributed by atoms with Crippen molar-refractivity contribution in [1.82, 2.24) is 5.32 Å². The van der Waals surface area contributed by atoms with E-state index in [1.54, 1.807) is 0 Å². The summed E-state index contributed by atoms with van der Waals surface area (Å²) in [6.07, 6.45) is 6.27. The van der Waals surface area contributed by atoms with Crippen molar-refractivity contribution in [3.63, 3.8) is 0 Å². The molecule has 1 aromatic rings. The average molecular weight is 326 g/mol. The zero-order valence-electron chi connectivity index (χ0n) is 12.7. The van der Waals surface area contributed by atoms with Gasteiger partial charge in [0.2, 0.25) is 0 Å². The summed E-state index contributed by atoms with van der Waals surface area (Å²) >= 11 is 0. The number of rotatable bonds is 3. The molecule has 2 aliphatic rings. The van der Waals surface area contributed by atoms with E-state index in [-0.39, 0.29) is 25.2 Å². The van der Waals surface area contributed by atoms with Crippen molar-refractivity contribution in [2.45, 2.75) is 57.4 Å². The summed E-state index contributed by atoms with van der Waals surface area (Å²) < 4.78 is 10.6. The Bertz CT molecular complexity index is 468. The van der Waals surface area contributed by atoms with Crippen LogP contribution in [0.4, 0.5) is 4.79 Å². The highest BCUT2D eigenvalue weighted by Crippen LogP contribution is 2.33. The van der Waals surface area contributed by atoms with Crippen molar-refractivity contribution in [2.24, 2.45) is 5.92 Å². The molecule has 22 heavy (non-hydrogen) atoms. The van der Waals surface area contributed by atoms with Gasteiger partial charge in [-0.25, -0.2) is 4.79 Å². The number of hydrogen-bond acceptors (Lipinski definition) is 4. The molecule has 1 saturated carbocycles. The van der Waals surface area contributed by atoms with Gasteiger partial charge in [0.05, 0.1) is 0 Å². The molecule has 1 saturated heterocycles. The van der Waals surface area contributed by atoms with Crippen molar-refractivity contribution >= 4 is 18.6 Å². The van der Waals surface area contributed by atoms with Crippen molar-refractivity contribution < 1.29 is 14.3 Å². The first-order chi connectivity index (χ1) is 10.3. The van der Waals surface area contributed by atoms with E-state index in [9.17, 15) is 4.79 Å². The molecule has 3 atom stereocenters. The Balaban J connectivity index is 0.00000176. The lowest BCUT2D eigenvalue weighted by Crippen LogP contribution is -2.41. The zero-order valence-corrected chi connectivity index (χ0v) is 13.5. The van der Waals surface area contributed by atoms with E-state index in [4.69, 9.17) is 9.47 Å². The Morgan fingerprint density at radius 1 is 1.09 bits per heavy atom. The van der Waals surface area contributed by atoms with Gasteiger partial charge >= 0.3 is 6.16 Å². The first kappa shape index (κ1) is 17.1. The van der Waals surface area contributed by atoms with Crippen molar-refractivity contribution in [2.75, 3.05) is 0 Å². The van der Waals surface area contributed by atoms with Crippen LogP contribution in [-0.4, -0.2) is 18.4 Å². The number of hydrogen-bond donors (Lipinski definition) is 1. The van der Waals surface area contributed by atoms with Gasteiger partial charge in [0.15, 0.2) is 6.23 Å². The van der Waals surface area contributed by atoms with Crippen LogP contribution in [-0.2, 0) is 16.1 Å². The number of carbonyl (C=O) groups excluding carboxylic acids is 1. The Kier molecular flexibility index (Phi) is 6.52. The van der Waals surface area contributed by atoms with Gasteiger partial charge in [0.25, 0.3) is 0 Å². The second-order valence-electron chi connectivity index (χ2n) is 6.03. The molecule has 1 heterocycles. The van der Waals surface area contributed by atoms with Crippen LogP contribution >= 0.6 is 12.4 Å². The number of carbonyl (C=O) groups is 1. The summed E-state index contributed by atoms with van der Waals surface area (Å²) in [6.45, 7) is 0.262. The maximum Gasteiger partial charge on any atom is 0.510 e. The summed E-state index contributed by atoms with van der Waals surface area (Å²) in [5.41, 5.74) is 0.971. The third-order valence-corrected chi connectivity index (χ3v) is 4.54. The molecule has 2 fully saturated rings. The maximum atomic E-state index is 11.8. The summed E-state index contributed by atoms with van der Waals surface area (Å²) in [6, 6.07) is 10.2. The molecule has 3 rings (SSSR count). The fourth-order valence-corrected chi connectivity index (χ4v) is 3.45. The molecule has 122 valence electrons. The molecule has 0 spiro atoms. The van der Waals surface area contributed by atoms with Crippen molar-refractivity contribution in [3.8, 4) is 0 Å². The van der Waals surface area contributed by atoms with E-state index in [2.05, 4.69) is 5.32 Å². The molecule has 5 heteroatoms. The van der Waals surface area contributed by atoms with Crippen LogP contribution in [0.5, 0.6) is 0 Å². The fourth-order valence-electron chi connectivity index (χ4n) is 3.45. The molecule has 0 amide bonds. The summed E-state index contributed by atoms with van der Waals surface area (Å²) in [5, 5.41) is 3.48. The second-order valence-corrected chi connectivity index (χ2v) is 6.03. The van der Waals surface area contributed by atoms with Gasteiger partial charge in [-0.15, -0.1) is 12.4 Å². The lowest BCUT2D eigenvalue weighted by atomic mass is 9.99. The smallest absolute Gasteiger partial charge is 0.429 e. The normalized spacial score (nSPS) is 27.2. The minimum absolute atomic E-state index is 0. The van der Waals surface area contributed by atoms with Gasteiger partial charge in [-0.3, -0.25) is 5.32 Å². The average Bonchev–Trinajstić information content (AvgIpc) is 2.85. The Hall–Kier alpha value is -1.26. The highest BCUT2D eigenvalue weighted by molar-refractivity contribution is 5.85. The molecule has 0 radical (unpaired) electrons. The van der Waals surface area contributed by atoms with Crippen LogP contribution in [0.2, 0.25) is 0 Å². The SMILES string of the molecule is Cl.O=C(OCc1ccccc1)OC1CCCC2CCCC2N1. The largest absolute Gasteiger partial charge is 0.510 e. The predicted molar refractivity (Wildman–Crippen MR) is 86.9 cm³/mol. The Morgan fingerprint density at radius 3 is 2.59 bits per heavy atom. The Labute approximate surface area is 138 Å². The molecule has 1 aromatic carbocycles. The molecular formula is C17H24ClNO3. The topological polar surface area (TPSA) is 47.6 Å². The lowest BCUT2D eigenvalue weighted by Gasteiger charge is -2.22. The van der Waals surface area contributed by atoms with Crippen molar-refractivity contribution in [3.05, 3.63) is 35.9 Å². The van der Waals surface area contributed by atoms with Crippen LogP contribution in [0.3, 0.4) is 0 Å². The first-order valence-corrected chi connectivity index (χ1v) is 7.94. The highest BCUT2D eigenvalue weighted by atomic mass is 35.5. The molecule has 1 N–H and O–H groups in total. The number of nitrogens with one attached hydrogen (secondary N) is 1. The van der Waals surface area contributed by atoms with E-state index < -0.39 is 6.16 Å². The van der Waals surface area contributed by atoms with Crippen LogP contribution in [0.25, 0.3) is 0 Å².